The van der Waals surface area contributed by atoms with Crippen molar-refractivity contribution in [3.63, 3.8) is 0 Å². The van der Waals surface area contributed by atoms with E-state index in [1.807, 2.05) is 23.5 Å². The number of furan rings is 1. The summed E-state index contributed by atoms with van der Waals surface area (Å²) in [6, 6.07) is 88.3. The maximum atomic E-state index is 6.31. The third-order valence-electron chi connectivity index (χ3n) is 13.8. The lowest BCUT2D eigenvalue weighted by atomic mass is 9.98. The summed E-state index contributed by atoms with van der Waals surface area (Å²) in [7, 11) is 0. The van der Waals surface area contributed by atoms with E-state index in [1.54, 1.807) is 0 Å². The van der Waals surface area contributed by atoms with Crippen molar-refractivity contribution in [2.75, 3.05) is 4.90 Å². The molecule has 3 nitrogen and oxygen atoms in total. The average molecular weight is 885 g/mol. The molecule has 0 bridgehead atoms. The van der Waals surface area contributed by atoms with Gasteiger partial charge in [-0.1, -0.05) is 158 Å². The number of para-hydroxylation sites is 3. The van der Waals surface area contributed by atoms with E-state index in [9.17, 15) is 0 Å². The summed E-state index contributed by atoms with van der Waals surface area (Å²) >= 11 is 1.87. The lowest BCUT2D eigenvalue weighted by Gasteiger charge is -2.27. The molecule has 0 saturated carbocycles. The van der Waals surface area contributed by atoms with Gasteiger partial charge in [-0.3, -0.25) is 0 Å². The van der Waals surface area contributed by atoms with Gasteiger partial charge in [-0.15, -0.1) is 11.3 Å². The van der Waals surface area contributed by atoms with Crippen LogP contribution in [0.4, 0.5) is 17.1 Å². The Kier molecular flexibility index (Phi) is 8.76. The summed E-state index contributed by atoms with van der Waals surface area (Å²) in [4.78, 5) is 2.42. The van der Waals surface area contributed by atoms with E-state index in [0.717, 1.165) is 55.8 Å². The van der Waals surface area contributed by atoms with Gasteiger partial charge in [0.05, 0.1) is 11.0 Å². The molecule has 11 aromatic carbocycles. The summed E-state index contributed by atoms with van der Waals surface area (Å²) in [5.41, 5.74) is 15.7. The van der Waals surface area contributed by atoms with Crippen molar-refractivity contribution >= 4 is 103 Å². The highest BCUT2D eigenvalue weighted by Crippen LogP contribution is 2.47. The van der Waals surface area contributed by atoms with Crippen LogP contribution in [0.3, 0.4) is 0 Å². The lowest BCUT2D eigenvalue weighted by molar-refractivity contribution is 0.669. The van der Waals surface area contributed by atoms with E-state index in [4.69, 9.17) is 4.42 Å². The average Bonchev–Trinajstić information content (AvgIpc) is 4.09. The Labute approximate surface area is 396 Å². The van der Waals surface area contributed by atoms with Crippen molar-refractivity contribution in [1.82, 2.24) is 4.57 Å². The number of aromatic nitrogens is 1. The highest BCUT2D eigenvalue weighted by atomic mass is 32.1. The largest absolute Gasteiger partial charge is 0.456 e. The first kappa shape index (κ1) is 38.6. The molecule has 0 unspecified atom stereocenters. The van der Waals surface area contributed by atoms with E-state index < -0.39 is 0 Å². The lowest BCUT2D eigenvalue weighted by Crippen LogP contribution is -2.10. The van der Waals surface area contributed by atoms with Crippen LogP contribution in [0.15, 0.2) is 247 Å². The molecule has 0 fully saturated rings. The summed E-state index contributed by atoms with van der Waals surface area (Å²) in [5, 5.41) is 9.78. The van der Waals surface area contributed by atoms with Crippen molar-refractivity contribution in [1.29, 1.82) is 0 Å². The Morgan fingerprint density at radius 3 is 1.68 bits per heavy atom. The molecule has 318 valence electrons. The van der Waals surface area contributed by atoms with Crippen LogP contribution < -0.4 is 4.90 Å². The first-order valence-corrected chi connectivity index (χ1v) is 24.0. The van der Waals surface area contributed by atoms with Gasteiger partial charge in [0.2, 0.25) is 0 Å². The number of hydrogen-bond acceptors (Lipinski definition) is 3. The SMILES string of the molecule is c1ccc2cc(-c3ccc(N(c4ccc(-c5cccc6oc7ccccc7c56)cc4)c4cc(-c5ccc(-n6c7ccccc7c7ccccc76)cc5)c5sc6ccccc6c5c4)cc3)ccc2c1. The van der Waals surface area contributed by atoms with Crippen LogP contribution in [0.5, 0.6) is 0 Å². The Morgan fingerprint density at radius 1 is 0.353 bits per heavy atom. The minimum Gasteiger partial charge on any atom is -0.456 e. The Balaban J connectivity index is 0.938. The second-order valence-corrected chi connectivity index (χ2v) is 18.7. The second kappa shape index (κ2) is 15.5. The van der Waals surface area contributed by atoms with Gasteiger partial charge in [-0.25, -0.2) is 0 Å². The number of benzene rings is 11. The van der Waals surface area contributed by atoms with E-state index in [1.165, 1.54) is 75.0 Å². The standard InChI is InChI=1S/C64H40N2OS/c1-2-13-45-38-46(25-24-41(45)12-1)42-26-32-47(33-27-42)65(48-34-28-43(29-35-48)51-18-11-22-61-63(51)55-17-5-9-21-60(55)67-61)50-39-56(64-57(40-50)54-16-6-10-23-62(54)68-64)44-30-36-49(37-31-44)66-58-19-7-3-14-52(58)53-15-4-8-20-59(53)66/h1-40H. The zero-order valence-corrected chi connectivity index (χ0v) is 37.6. The number of anilines is 3. The zero-order chi connectivity index (χ0) is 44.7. The Morgan fingerprint density at radius 2 is 0.926 bits per heavy atom. The molecule has 4 heteroatoms. The van der Waals surface area contributed by atoms with Crippen molar-refractivity contribution in [3.8, 4) is 39.1 Å². The highest BCUT2D eigenvalue weighted by molar-refractivity contribution is 7.26. The quantitative estimate of drug-likeness (QED) is 0.159. The molecule has 0 aliphatic rings. The molecule has 0 aliphatic carbocycles. The maximum absolute atomic E-state index is 6.31. The van der Waals surface area contributed by atoms with E-state index in [-0.39, 0.29) is 0 Å². The van der Waals surface area contributed by atoms with Gasteiger partial charge in [0, 0.05) is 70.0 Å². The normalized spacial score (nSPS) is 11.8. The van der Waals surface area contributed by atoms with E-state index >= 15 is 0 Å². The molecule has 3 aromatic heterocycles. The molecule has 14 aromatic rings. The third-order valence-corrected chi connectivity index (χ3v) is 15.0. The summed E-state index contributed by atoms with van der Waals surface area (Å²) in [6.07, 6.45) is 0. The van der Waals surface area contributed by atoms with Gasteiger partial charge >= 0.3 is 0 Å². The topological polar surface area (TPSA) is 21.3 Å². The fourth-order valence-corrected chi connectivity index (χ4v) is 11.8. The van der Waals surface area contributed by atoms with Crippen molar-refractivity contribution in [2.24, 2.45) is 0 Å². The number of thiophene rings is 1. The van der Waals surface area contributed by atoms with Crippen LogP contribution in [-0.4, -0.2) is 4.57 Å². The van der Waals surface area contributed by atoms with Crippen LogP contribution >= 0.6 is 11.3 Å². The zero-order valence-electron chi connectivity index (χ0n) is 36.8. The molecule has 68 heavy (non-hydrogen) atoms. The van der Waals surface area contributed by atoms with Gasteiger partial charge in [-0.2, -0.15) is 0 Å². The van der Waals surface area contributed by atoms with Gasteiger partial charge in [-0.05, 0) is 124 Å². The predicted molar refractivity (Wildman–Crippen MR) is 289 cm³/mol. The molecular weight excluding hydrogens is 845 g/mol. The Hall–Kier alpha value is -8.70. The molecule has 0 aliphatic heterocycles. The highest BCUT2D eigenvalue weighted by Gasteiger charge is 2.21. The van der Waals surface area contributed by atoms with Crippen molar-refractivity contribution < 1.29 is 4.42 Å². The fraction of sp³-hybridized carbons (Fsp3) is 0. The molecule has 3 heterocycles. The molecule has 0 radical (unpaired) electrons. The van der Waals surface area contributed by atoms with Gasteiger partial charge in [0.15, 0.2) is 0 Å². The monoisotopic (exact) mass is 884 g/mol. The number of fused-ring (bicyclic) bond motifs is 10. The van der Waals surface area contributed by atoms with E-state index in [0.29, 0.717) is 0 Å². The van der Waals surface area contributed by atoms with Crippen LogP contribution in [0, 0.1) is 0 Å². The summed E-state index contributed by atoms with van der Waals surface area (Å²) in [5.74, 6) is 0. The molecule has 14 rings (SSSR count). The molecule has 0 amide bonds. The van der Waals surface area contributed by atoms with E-state index in [2.05, 4.69) is 240 Å². The second-order valence-electron chi connectivity index (χ2n) is 17.7. The smallest absolute Gasteiger partial charge is 0.136 e. The van der Waals surface area contributed by atoms with Crippen LogP contribution in [0.1, 0.15) is 0 Å². The first-order valence-electron chi connectivity index (χ1n) is 23.1. The third kappa shape index (κ3) is 6.19. The minimum absolute atomic E-state index is 0.896. The number of nitrogens with zero attached hydrogens (tertiary/aromatic N) is 2. The number of hydrogen-bond donors (Lipinski definition) is 0. The van der Waals surface area contributed by atoms with Gasteiger partial charge in [0.1, 0.15) is 11.2 Å². The fourth-order valence-electron chi connectivity index (χ4n) is 10.6. The van der Waals surface area contributed by atoms with Crippen LogP contribution in [0.2, 0.25) is 0 Å². The molecule has 0 atom stereocenters. The molecule has 0 N–H and O–H groups in total. The predicted octanol–water partition coefficient (Wildman–Crippen LogP) is 18.7. The molecular formula is C64H40N2OS. The summed E-state index contributed by atoms with van der Waals surface area (Å²) in [6.45, 7) is 0. The maximum Gasteiger partial charge on any atom is 0.136 e. The Bertz CT molecular complexity index is 4200. The summed E-state index contributed by atoms with van der Waals surface area (Å²) < 4.78 is 11.3. The minimum atomic E-state index is 0.896. The first-order chi connectivity index (χ1) is 33.7. The van der Waals surface area contributed by atoms with Crippen molar-refractivity contribution in [3.05, 3.63) is 243 Å². The van der Waals surface area contributed by atoms with Crippen LogP contribution in [0.25, 0.3) is 114 Å². The molecule has 0 saturated heterocycles. The van der Waals surface area contributed by atoms with Gasteiger partial charge in [0.25, 0.3) is 0 Å². The number of rotatable bonds is 7. The van der Waals surface area contributed by atoms with Gasteiger partial charge < -0.3 is 13.9 Å². The van der Waals surface area contributed by atoms with Crippen molar-refractivity contribution in [2.45, 2.75) is 0 Å². The molecule has 0 spiro atoms. The van der Waals surface area contributed by atoms with Crippen LogP contribution in [-0.2, 0) is 0 Å².